The van der Waals surface area contributed by atoms with Crippen molar-refractivity contribution in [3.05, 3.63) is 73.1 Å². The lowest BCUT2D eigenvalue weighted by Gasteiger charge is -2.38. The van der Waals surface area contributed by atoms with E-state index in [9.17, 15) is 31.5 Å². The molecule has 3 N–H and O–H groups in total. The van der Waals surface area contributed by atoms with E-state index < -0.39 is 34.1 Å². The Kier molecular flexibility index (Phi) is 8.56. The molecular weight excluding hydrogens is 609 g/mol. The van der Waals surface area contributed by atoms with E-state index >= 15 is 0 Å². The van der Waals surface area contributed by atoms with Crippen LogP contribution in [-0.2, 0) is 21.4 Å². The second kappa shape index (κ2) is 12.3. The van der Waals surface area contributed by atoms with Crippen LogP contribution >= 0.6 is 0 Å². The van der Waals surface area contributed by atoms with E-state index in [0.29, 0.717) is 29.4 Å². The molecule has 0 saturated carbocycles. The Bertz CT molecular complexity index is 1860. The number of sulfonamides is 1. The van der Waals surface area contributed by atoms with Gasteiger partial charge in [0, 0.05) is 19.6 Å². The van der Waals surface area contributed by atoms with Crippen molar-refractivity contribution in [1.82, 2.24) is 29.2 Å². The molecule has 18 heteroatoms. The van der Waals surface area contributed by atoms with Gasteiger partial charge in [-0.25, -0.2) is 33.3 Å². The minimum absolute atomic E-state index is 0.101. The maximum absolute atomic E-state index is 13.1. The predicted octanol–water partition coefficient (Wildman–Crippen LogP) is 2.57. The SMILES string of the molecule is NCc1nc2ccccc2o1.O=C(O)[C@H]1CN(c2cnc3cncnc3n2)CCN1S(=O)(=O)c1ccc(OC(F)(F)F)cc1. The minimum Gasteiger partial charge on any atom is -0.480 e. The molecule has 3 aromatic heterocycles. The predicted molar refractivity (Wildman–Crippen MR) is 148 cm³/mol. The number of carboxylic acid groups (broad SMARTS) is 1. The highest BCUT2D eigenvalue weighted by Gasteiger charge is 2.41. The zero-order valence-corrected chi connectivity index (χ0v) is 23.3. The van der Waals surface area contributed by atoms with Crippen LogP contribution in [0.3, 0.4) is 0 Å². The van der Waals surface area contributed by atoms with Gasteiger partial charge in [0.15, 0.2) is 11.2 Å². The first-order valence-electron chi connectivity index (χ1n) is 12.8. The Morgan fingerprint density at radius 2 is 1.80 bits per heavy atom. The summed E-state index contributed by atoms with van der Waals surface area (Å²) < 4.78 is 72.9. The molecule has 4 heterocycles. The number of benzene rings is 2. The van der Waals surface area contributed by atoms with E-state index in [0.717, 1.165) is 39.7 Å². The van der Waals surface area contributed by atoms with Crippen molar-refractivity contribution in [3.8, 4) is 5.75 Å². The summed E-state index contributed by atoms with van der Waals surface area (Å²) in [6.07, 6.45) is -0.762. The van der Waals surface area contributed by atoms with Crippen molar-refractivity contribution in [2.24, 2.45) is 5.73 Å². The Balaban J connectivity index is 0.000000291. The fourth-order valence-corrected chi connectivity index (χ4v) is 5.89. The minimum atomic E-state index is -4.93. The Hall–Kier alpha value is -4.94. The van der Waals surface area contributed by atoms with Crippen LogP contribution in [0.5, 0.6) is 5.75 Å². The second-order valence-corrected chi connectivity index (χ2v) is 11.1. The number of carbonyl (C=O) groups is 1. The van der Waals surface area contributed by atoms with Gasteiger partial charge in [-0.15, -0.1) is 13.2 Å². The zero-order valence-electron chi connectivity index (χ0n) is 22.5. The molecule has 1 fully saturated rings. The van der Waals surface area contributed by atoms with Crippen LogP contribution in [-0.4, -0.2) is 80.8 Å². The van der Waals surface area contributed by atoms with Crippen LogP contribution in [0.1, 0.15) is 5.89 Å². The highest BCUT2D eigenvalue weighted by Crippen LogP contribution is 2.28. The van der Waals surface area contributed by atoms with Crippen molar-refractivity contribution in [2.45, 2.75) is 23.8 Å². The highest BCUT2D eigenvalue weighted by molar-refractivity contribution is 7.89. The molecule has 0 bridgehead atoms. The van der Waals surface area contributed by atoms with Gasteiger partial charge in [-0.1, -0.05) is 12.1 Å². The maximum Gasteiger partial charge on any atom is 0.573 e. The molecule has 0 amide bonds. The van der Waals surface area contributed by atoms with Gasteiger partial charge in [-0.05, 0) is 36.4 Å². The van der Waals surface area contributed by atoms with Crippen molar-refractivity contribution >= 4 is 44.1 Å². The normalized spacial score (nSPS) is 16.0. The molecule has 0 aliphatic carbocycles. The number of anilines is 1. The van der Waals surface area contributed by atoms with Gasteiger partial charge in [0.1, 0.15) is 35.0 Å². The number of nitrogens with zero attached hydrogens (tertiary/aromatic N) is 7. The molecule has 14 nitrogen and oxygen atoms in total. The summed E-state index contributed by atoms with van der Waals surface area (Å²) in [5.74, 6) is -1.08. The number of fused-ring (bicyclic) bond motifs is 2. The Labute approximate surface area is 247 Å². The van der Waals surface area contributed by atoms with Gasteiger partial charge in [0.05, 0.1) is 23.8 Å². The van der Waals surface area contributed by atoms with Crippen LogP contribution in [0, 0.1) is 0 Å². The molecule has 1 aliphatic rings. The number of alkyl halides is 3. The van der Waals surface area contributed by atoms with Gasteiger partial charge < -0.3 is 24.9 Å². The smallest absolute Gasteiger partial charge is 0.480 e. The maximum atomic E-state index is 13.1. The number of hydrogen-bond acceptors (Lipinski definition) is 12. The van der Waals surface area contributed by atoms with E-state index in [-0.39, 0.29) is 24.5 Å². The number of para-hydroxylation sites is 2. The van der Waals surface area contributed by atoms with Crippen LogP contribution in [0.15, 0.2) is 76.6 Å². The molecule has 0 radical (unpaired) electrons. The number of carboxylic acids is 1. The third kappa shape index (κ3) is 6.82. The molecule has 1 atom stereocenters. The van der Waals surface area contributed by atoms with E-state index in [1.54, 1.807) is 4.90 Å². The first kappa shape index (κ1) is 30.5. The first-order chi connectivity index (χ1) is 20.9. The highest BCUT2D eigenvalue weighted by atomic mass is 32.2. The Morgan fingerprint density at radius 3 is 2.48 bits per heavy atom. The van der Waals surface area contributed by atoms with Gasteiger partial charge in [0.2, 0.25) is 15.9 Å². The van der Waals surface area contributed by atoms with E-state index in [1.807, 2.05) is 24.3 Å². The zero-order chi connectivity index (χ0) is 31.5. The van der Waals surface area contributed by atoms with Gasteiger partial charge in [0.25, 0.3) is 0 Å². The molecule has 1 saturated heterocycles. The van der Waals surface area contributed by atoms with Crippen molar-refractivity contribution in [1.29, 1.82) is 0 Å². The van der Waals surface area contributed by atoms with Gasteiger partial charge in [-0.3, -0.25) is 4.79 Å². The summed E-state index contributed by atoms with van der Waals surface area (Å²) >= 11 is 0. The fourth-order valence-electron chi connectivity index (χ4n) is 4.33. The molecule has 0 spiro atoms. The Morgan fingerprint density at radius 1 is 1.05 bits per heavy atom. The quantitative estimate of drug-likeness (QED) is 0.278. The molecule has 0 unspecified atom stereocenters. The molecule has 6 rings (SSSR count). The third-order valence-corrected chi connectivity index (χ3v) is 8.25. The lowest BCUT2D eigenvalue weighted by Crippen LogP contribution is -2.58. The molecule has 5 aromatic rings. The number of ether oxygens (including phenoxy) is 1. The van der Waals surface area contributed by atoms with Crippen molar-refractivity contribution < 1.29 is 40.6 Å². The lowest BCUT2D eigenvalue weighted by molar-refractivity contribution is -0.274. The van der Waals surface area contributed by atoms with Gasteiger partial charge in [-0.2, -0.15) is 4.31 Å². The fraction of sp³-hybridized carbons (Fsp3) is 0.231. The molecule has 2 aromatic carbocycles. The number of oxazole rings is 1. The first-order valence-corrected chi connectivity index (χ1v) is 14.2. The average molecular weight is 633 g/mol. The summed E-state index contributed by atoms with van der Waals surface area (Å²) in [6, 6.07) is 9.68. The van der Waals surface area contributed by atoms with Crippen LogP contribution in [0.4, 0.5) is 19.0 Å². The van der Waals surface area contributed by atoms with Gasteiger partial charge >= 0.3 is 12.3 Å². The molecule has 230 valence electrons. The number of hydrogen-bond donors (Lipinski definition) is 2. The summed E-state index contributed by atoms with van der Waals surface area (Å²) in [7, 11) is -4.32. The third-order valence-electron chi connectivity index (χ3n) is 6.33. The van der Waals surface area contributed by atoms with E-state index in [2.05, 4.69) is 29.7 Å². The van der Waals surface area contributed by atoms with Crippen LogP contribution in [0.25, 0.3) is 22.3 Å². The van der Waals surface area contributed by atoms with Crippen LogP contribution in [0.2, 0.25) is 0 Å². The van der Waals surface area contributed by atoms with Crippen molar-refractivity contribution in [3.63, 3.8) is 0 Å². The van der Waals surface area contributed by atoms with Crippen molar-refractivity contribution in [2.75, 3.05) is 24.5 Å². The largest absolute Gasteiger partial charge is 0.573 e. The summed E-state index contributed by atoms with van der Waals surface area (Å²) in [6.45, 7) is 0.0247. The molecule has 1 aliphatic heterocycles. The summed E-state index contributed by atoms with van der Waals surface area (Å²) in [4.78, 5) is 33.6. The standard InChI is InChI=1S/C18H15F3N6O5S.C8H8N2O/c19-18(20,21)32-11-1-3-12(4-2-11)33(30,31)27-6-5-26(9-14(27)17(28)29)15-8-23-13-7-22-10-24-16(13)25-15;9-5-8-10-6-3-1-2-4-7(6)11-8/h1-4,7-8,10,14H,5-6,9H2,(H,28,29);1-4H,5,9H2/t14-;/m1./s1. The van der Waals surface area contributed by atoms with E-state index in [4.69, 9.17) is 10.2 Å². The molecular formula is C26H23F3N8O6S. The number of nitrogens with two attached hydrogens (primary N) is 1. The number of aromatic nitrogens is 5. The second-order valence-electron chi connectivity index (χ2n) is 9.17. The lowest BCUT2D eigenvalue weighted by atomic mass is 10.2. The topological polar surface area (TPSA) is 191 Å². The van der Waals surface area contributed by atoms with Crippen LogP contribution < -0.4 is 15.4 Å². The summed E-state index contributed by atoms with van der Waals surface area (Å²) in [5, 5.41) is 9.69. The summed E-state index contributed by atoms with van der Waals surface area (Å²) in [5.41, 5.74) is 7.76. The number of rotatable bonds is 6. The monoisotopic (exact) mass is 632 g/mol. The molecule has 44 heavy (non-hydrogen) atoms. The van der Waals surface area contributed by atoms with E-state index in [1.165, 1.54) is 18.7 Å². The average Bonchev–Trinajstić information content (AvgIpc) is 3.44. The number of aliphatic carboxylic acids is 1. The number of halogens is 3. The number of piperazine rings is 1.